The molecule has 0 fully saturated rings. The smallest absolute Gasteiger partial charge is 0.132 e. The molecule has 106 valence electrons. The third-order valence-corrected chi connectivity index (χ3v) is 4.08. The zero-order valence-corrected chi connectivity index (χ0v) is 12.5. The summed E-state index contributed by atoms with van der Waals surface area (Å²) >= 11 is 1.53. The monoisotopic (exact) mass is 291 g/mol. The van der Waals surface area contributed by atoms with Crippen molar-refractivity contribution in [1.29, 1.82) is 0 Å². The summed E-state index contributed by atoms with van der Waals surface area (Å²) in [6, 6.07) is 12.9. The normalized spacial score (nSPS) is 10.6. The lowest BCUT2D eigenvalue weighted by Crippen LogP contribution is -2.13. The van der Waals surface area contributed by atoms with Crippen LogP contribution in [0.4, 0.5) is 4.39 Å². The molecule has 0 aliphatic rings. The van der Waals surface area contributed by atoms with Crippen LogP contribution in [0, 0.1) is 5.82 Å². The van der Waals surface area contributed by atoms with Crippen LogP contribution in [0.15, 0.2) is 52.3 Å². The molecule has 0 aliphatic carbocycles. The molecule has 0 radical (unpaired) electrons. The summed E-state index contributed by atoms with van der Waals surface area (Å²) in [5, 5.41) is 3.18. The number of nitrogens with one attached hydrogen (secondary N) is 1. The fourth-order valence-electron chi connectivity index (χ4n) is 1.88. The van der Waals surface area contributed by atoms with Crippen molar-refractivity contribution in [2.75, 3.05) is 13.7 Å². The van der Waals surface area contributed by atoms with Crippen molar-refractivity contribution in [2.24, 2.45) is 0 Å². The average Bonchev–Trinajstić information content (AvgIpc) is 2.47. The summed E-state index contributed by atoms with van der Waals surface area (Å²) in [7, 11) is 1.64. The van der Waals surface area contributed by atoms with Crippen molar-refractivity contribution in [3.63, 3.8) is 0 Å². The highest BCUT2D eigenvalue weighted by Crippen LogP contribution is 2.36. The van der Waals surface area contributed by atoms with Crippen LogP contribution in [0.5, 0.6) is 5.75 Å². The van der Waals surface area contributed by atoms with E-state index in [0.29, 0.717) is 12.1 Å². The first-order valence-electron chi connectivity index (χ1n) is 6.55. The molecule has 0 saturated carbocycles. The Morgan fingerprint density at radius 1 is 1.10 bits per heavy atom. The van der Waals surface area contributed by atoms with Crippen LogP contribution in [0.25, 0.3) is 0 Å². The van der Waals surface area contributed by atoms with E-state index in [1.165, 1.54) is 17.8 Å². The molecular weight excluding hydrogens is 273 g/mol. The van der Waals surface area contributed by atoms with Gasteiger partial charge in [0.05, 0.1) is 12.0 Å². The zero-order chi connectivity index (χ0) is 14.4. The molecule has 0 bridgehead atoms. The number of methoxy groups -OCH3 is 1. The van der Waals surface area contributed by atoms with Gasteiger partial charge in [0.15, 0.2) is 0 Å². The van der Waals surface area contributed by atoms with Crippen molar-refractivity contribution in [3.05, 3.63) is 53.8 Å². The molecule has 1 N–H and O–H groups in total. The first kappa shape index (κ1) is 14.9. The highest BCUT2D eigenvalue weighted by molar-refractivity contribution is 7.99. The van der Waals surface area contributed by atoms with Crippen molar-refractivity contribution in [3.8, 4) is 5.75 Å². The lowest BCUT2D eigenvalue weighted by atomic mass is 10.2. The fraction of sp³-hybridized carbons (Fsp3) is 0.250. The number of hydrogen-bond donors (Lipinski definition) is 1. The van der Waals surface area contributed by atoms with Gasteiger partial charge in [-0.1, -0.05) is 36.9 Å². The van der Waals surface area contributed by atoms with Crippen LogP contribution in [-0.4, -0.2) is 13.7 Å². The van der Waals surface area contributed by atoms with Crippen LogP contribution in [0.1, 0.15) is 12.5 Å². The standard InChI is InChI=1S/C16H18FNOS/c1-3-18-11-12-13(17)7-6-10-15(12)20-16-9-5-4-8-14(16)19-2/h4-10,18H,3,11H2,1-2H3. The lowest BCUT2D eigenvalue weighted by Gasteiger charge is -2.12. The summed E-state index contributed by atoms with van der Waals surface area (Å²) in [6.07, 6.45) is 0. The number of halogens is 1. The maximum absolute atomic E-state index is 14.0. The molecule has 0 aliphatic heterocycles. The van der Waals surface area contributed by atoms with Crippen LogP contribution in [-0.2, 0) is 6.54 Å². The van der Waals surface area contributed by atoms with Gasteiger partial charge < -0.3 is 10.1 Å². The van der Waals surface area contributed by atoms with Gasteiger partial charge in [-0.25, -0.2) is 4.39 Å². The second-order valence-electron chi connectivity index (χ2n) is 4.25. The minimum atomic E-state index is -0.175. The molecular formula is C16H18FNOS. The second kappa shape index (κ2) is 7.31. The Hall–Kier alpha value is -1.52. The van der Waals surface area contributed by atoms with Crippen LogP contribution in [0.3, 0.4) is 0 Å². The van der Waals surface area contributed by atoms with Crippen LogP contribution < -0.4 is 10.1 Å². The summed E-state index contributed by atoms with van der Waals surface area (Å²) < 4.78 is 19.3. The van der Waals surface area contributed by atoms with Gasteiger partial charge in [0, 0.05) is 17.0 Å². The number of rotatable bonds is 6. The zero-order valence-electron chi connectivity index (χ0n) is 11.7. The van der Waals surface area contributed by atoms with Gasteiger partial charge in [0.25, 0.3) is 0 Å². The molecule has 0 amide bonds. The number of benzene rings is 2. The Bertz CT molecular complexity index is 574. The minimum Gasteiger partial charge on any atom is -0.496 e. The quantitative estimate of drug-likeness (QED) is 0.866. The van der Waals surface area contributed by atoms with E-state index in [1.54, 1.807) is 13.2 Å². The lowest BCUT2D eigenvalue weighted by molar-refractivity contribution is 0.405. The highest BCUT2D eigenvalue weighted by Gasteiger charge is 2.11. The van der Waals surface area contributed by atoms with Crippen molar-refractivity contribution in [1.82, 2.24) is 5.32 Å². The van der Waals surface area contributed by atoms with E-state index in [1.807, 2.05) is 37.3 Å². The van der Waals surface area contributed by atoms with E-state index in [4.69, 9.17) is 4.74 Å². The molecule has 2 aromatic carbocycles. The van der Waals surface area contributed by atoms with Gasteiger partial charge in [0.2, 0.25) is 0 Å². The van der Waals surface area contributed by atoms with Crippen molar-refractivity contribution < 1.29 is 9.13 Å². The second-order valence-corrected chi connectivity index (χ2v) is 5.33. The molecule has 0 saturated heterocycles. The Morgan fingerprint density at radius 3 is 2.60 bits per heavy atom. The predicted molar refractivity (Wildman–Crippen MR) is 80.9 cm³/mol. The fourth-order valence-corrected chi connectivity index (χ4v) is 2.95. The van der Waals surface area contributed by atoms with E-state index in [2.05, 4.69) is 5.32 Å². The third kappa shape index (κ3) is 3.52. The molecule has 0 unspecified atom stereocenters. The summed E-state index contributed by atoms with van der Waals surface area (Å²) in [5.41, 5.74) is 0.699. The Balaban J connectivity index is 2.30. The average molecular weight is 291 g/mol. The summed E-state index contributed by atoms with van der Waals surface area (Å²) in [4.78, 5) is 1.90. The first-order chi connectivity index (χ1) is 9.76. The molecule has 0 heterocycles. The van der Waals surface area contributed by atoms with Gasteiger partial charge >= 0.3 is 0 Å². The number of para-hydroxylation sites is 1. The maximum atomic E-state index is 14.0. The molecule has 2 rings (SSSR count). The number of ether oxygens (including phenoxy) is 1. The molecule has 2 nitrogen and oxygen atoms in total. The predicted octanol–water partition coefficient (Wildman–Crippen LogP) is 4.10. The van der Waals surface area contributed by atoms with E-state index < -0.39 is 0 Å². The van der Waals surface area contributed by atoms with Gasteiger partial charge in [0.1, 0.15) is 11.6 Å². The Labute approximate surface area is 123 Å². The van der Waals surface area contributed by atoms with E-state index >= 15 is 0 Å². The summed E-state index contributed by atoms with van der Waals surface area (Å²) in [5.74, 6) is 0.627. The van der Waals surface area contributed by atoms with E-state index in [9.17, 15) is 4.39 Å². The molecule has 0 aromatic heterocycles. The molecule has 2 aromatic rings. The van der Waals surface area contributed by atoms with Gasteiger partial charge in [-0.3, -0.25) is 0 Å². The molecule has 20 heavy (non-hydrogen) atoms. The largest absolute Gasteiger partial charge is 0.496 e. The topological polar surface area (TPSA) is 21.3 Å². The molecule has 0 spiro atoms. The van der Waals surface area contributed by atoms with E-state index in [0.717, 1.165) is 22.1 Å². The molecule has 0 atom stereocenters. The van der Waals surface area contributed by atoms with E-state index in [-0.39, 0.29) is 5.82 Å². The van der Waals surface area contributed by atoms with Gasteiger partial charge in [-0.2, -0.15) is 0 Å². The van der Waals surface area contributed by atoms with Crippen LogP contribution >= 0.6 is 11.8 Å². The molecule has 4 heteroatoms. The number of hydrogen-bond acceptors (Lipinski definition) is 3. The first-order valence-corrected chi connectivity index (χ1v) is 7.37. The Kier molecular flexibility index (Phi) is 5.44. The van der Waals surface area contributed by atoms with Crippen LogP contribution in [0.2, 0.25) is 0 Å². The highest BCUT2D eigenvalue weighted by atomic mass is 32.2. The van der Waals surface area contributed by atoms with Gasteiger partial charge in [-0.15, -0.1) is 0 Å². The SMILES string of the molecule is CCNCc1c(F)cccc1Sc1ccccc1OC. The maximum Gasteiger partial charge on any atom is 0.132 e. The third-order valence-electron chi connectivity index (χ3n) is 2.92. The van der Waals surface area contributed by atoms with Crippen molar-refractivity contribution >= 4 is 11.8 Å². The minimum absolute atomic E-state index is 0.175. The van der Waals surface area contributed by atoms with Crippen molar-refractivity contribution in [2.45, 2.75) is 23.3 Å². The van der Waals surface area contributed by atoms with Gasteiger partial charge in [-0.05, 0) is 30.8 Å². The Morgan fingerprint density at radius 2 is 1.85 bits per heavy atom. The summed E-state index contributed by atoms with van der Waals surface area (Å²) in [6.45, 7) is 3.35.